The number of nitrogens with zero attached hydrogens (tertiary/aromatic N) is 2. The minimum absolute atomic E-state index is 0.162. The molecular formula is C19H22F3N3O. The molecule has 3 rings (SSSR count). The lowest BCUT2D eigenvalue weighted by molar-refractivity contribution is -0.137. The van der Waals surface area contributed by atoms with Gasteiger partial charge in [0, 0.05) is 12.6 Å². The Kier molecular flexibility index (Phi) is 5.24. The first kappa shape index (κ1) is 18.7. The molecule has 2 aliphatic rings. The Morgan fingerprint density at radius 1 is 1.23 bits per heavy atom. The van der Waals surface area contributed by atoms with Crippen LogP contribution in [0.1, 0.15) is 49.7 Å². The van der Waals surface area contributed by atoms with Gasteiger partial charge < -0.3 is 5.32 Å². The first-order chi connectivity index (χ1) is 12.3. The summed E-state index contributed by atoms with van der Waals surface area (Å²) in [5, 5.41) is 12.3. The van der Waals surface area contributed by atoms with E-state index in [1.165, 1.54) is 12.1 Å². The number of alkyl halides is 3. The van der Waals surface area contributed by atoms with Gasteiger partial charge in [0.25, 0.3) is 0 Å². The second-order valence-corrected chi connectivity index (χ2v) is 7.28. The molecule has 2 aliphatic carbocycles. The lowest BCUT2D eigenvalue weighted by Crippen LogP contribution is -2.49. The lowest BCUT2D eigenvalue weighted by atomic mass is 10.00. The van der Waals surface area contributed by atoms with E-state index in [0.29, 0.717) is 19.4 Å². The molecule has 1 aromatic rings. The number of amides is 1. The van der Waals surface area contributed by atoms with E-state index < -0.39 is 17.3 Å². The van der Waals surface area contributed by atoms with Gasteiger partial charge >= 0.3 is 6.18 Å². The fourth-order valence-corrected chi connectivity index (χ4v) is 3.52. The van der Waals surface area contributed by atoms with Crippen molar-refractivity contribution >= 4 is 5.91 Å². The van der Waals surface area contributed by atoms with E-state index in [9.17, 15) is 23.2 Å². The Morgan fingerprint density at radius 2 is 1.85 bits per heavy atom. The highest BCUT2D eigenvalue weighted by molar-refractivity contribution is 5.79. The van der Waals surface area contributed by atoms with E-state index in [0.717, 1.165) is 43.4 Å². The highest BCUT2D eigenvalue weighted by Crippen LogP contribution is 2.32. The van der Waals surface area contributed by atoms with E-state index in [1.54, 1.807) is 0 Å². The number of halogens is 3. The van der Waals surface area contributed by atoms with Crippen molar-refractivity contribution in [3.8, 4) is 6.07 Å². The third-order valence-electron chi connectivity index (χ3n) is 5.13. The summed E-state index contributed by atoms with van der Waals surface area (Å²) >= 11 is 0. The number of nitriles is 1. The molecule has 4 nitrogen and oxygen atoms in total. The molecule has 1 amide bonds. The van der Waals surface area contributed by atoms with Crippen molar-refractivity contribution in [1.29, 1.82) is 5.26 Å². The van der Waals surface area contributed by atoms with Gasteiger partial charge in [-0.1, -0.05) is 12.1 Å². The smallest absolute Gasteiger partial charge is 0.337 e. The molecular weight excluding hydrogens is 343 g/mol. The maximum atomic E-state index is 12.7. The van der Waals surface area contributed by atoms with Crippen LogP contribution < -0.4 is 5.32 Å². The van der Waals surface area contributed by atoms with Gasteiger partial charge in [0.2, 0.25) is 5.91 Å². The monoisotopic (exact) mass is 365 g/mol. The average Bonchev–Trinajstić information content (AvgIpc) is 3.34. The molecule has 1 aromatic carbocycles. The van der Waals surface area contributed by atoms with Crippen molar-refractivity contribution in [3.63, 3.8) is 0 Å². The molecule has 0 radical (unpaired) electrons. The number of nitrogens with one attached hydrogen (secondary N) is 1. The quantitative estimate of drug-likeness (QED) is 0.838. The third kappa shape index (κ3) is 4.55. The number of benzene rings is 1. The predicted octanol–water partition coefficient (Wildman–Crippen LogP) is 3.62. The lowest BCUT2D eigenvalue weighted by Gasteiger charge is -2.26. The summed E-state index contributed by atoms with van der Waals surface area (Å²) in [6, 6.07) is 7.59. The highest BCUT2D eigenvalue weighted by atomic mass is 19.4. The zero-order valence-corrected chi connectivity index (χ0v) is 14.5. The van der Waals surface area contributed by atoms with Crippen molar-refractivity contribution in [1.82, 2.24) is 10.2 Å². The standard InChI is InChI=1S/C19H22F3N3O/c20-19(21,22)15-5-3-14(4-6-15)11-25(16-7-8-16)12-17(26)24-18(13-23)9-1-2-10-18/h3-6,16H,1-2,7-12H2,(H,24,26). The number of carbonyl (C=O) groups excluding carboxylic acids is 1. The Labute approximate surface area is 151 Å². The molecule has 0 spiro atoms. The molecule has 140 valence electrons. The number of rotatable bonds is 6. The van der Waals surface area contributed by atoms with Crippen molar-refractivity contribution < 1.29 is 18.0 Å². The van der Waals surface area contributed by atoms with Crippen LogP contribution in [0.3, 0.4) is 0 Å². The fourth-order valence-electron chi connectivity index (χ4n) is 3.52. The summed E-state index contributed by atoms with van der Waals surface area (Å²) in [7, 11) is 0. The van der Waals surface area contributed by atoms with Gasteiger partial charge in [0.1, 0.15) is 5.54 Å². The molecule has 0 aromatic heterocycles. The molecule has 7 heteroatoms. The minimum atomic E-state index is -4.35. The molecule has 2 saturated carbocycles. The van der Waals surface area contributed by atoms with E-state index in [2.05, 4.69) is 11.4 Å². The predicted molar refractivity (Wildman–Crippen MR) is 89.8 cm³/mol. The summed E-state index contributed by atoms with van der Waals surface area (Å²) in [6.07, 6.45) is 0.850. The van der Waals surface area contributed by atoms with Gasteiger partial charge in [-0.2, -0.15) is 18.4 Å². The Morgan fingerprint density at radius 3 is 2.35 bits per heavy atom. The zero-order valence-electron chi connectivity index (χ0n) is 14.5. The van der Waals surface area contributed by atoms with Crippen molar-refractivity contribution in [2.45, 2.75) is 62.8 Å². The van der Waals surface area contributed by atoms with Crippen LogP contribution in [0.2, 0.25) is 0 Å². The van der Waals surface area contributed by atoms with Gasteiger partial charge in [-0.05, 0) is 56.2 Å². The average molecular weight is 365 g/mol. The number of carbonyl (C=O) groups is 1. The summed E-state index contributed by atoms with van der Waals surface area (Å²) in [5.41, 5.74) is -0.677. The first-order valence-corrected chi connectivity index (χ1v) is 8.94. The second-order valence-electron chi connectivity index (χ2n) is 7.28. The molecule has 26 heavy (non-hydrogen) atoms. The van der Waals surface area contributed by atoms with Crippen molar-refractivity contribution in [2.24, 2.45) is 0 Å². The van der Waals surface area contributed by atoms with Crippen molar-refractivity contribution in [2.75, 3.05) is 6.54 Å². The van der Waals surface area contributed by atoms with Crippen LogP contribution in [0.25, 0.3) is 0 Å². The molecule has 0 bridgehead atoms. The van der Waals surface area contributed by atoms with Crippen molar-refractivity contribution in [3.05, 3.63) is 35.4 Å². The number of hydrogen-bond donors (Lipinski definition) is 1. The Hall–Kier alpha value is -2.07. The van der Waals surface area contributed by atoms with Crippen LogP contribution in [0.4, 0.5) is 13.2 Å². The third-order valence-corrected chi connectivity index (χ3v) is 5.13. The molecule has 2 fully saturated rings. The first-order valence-electron chi connectivity index (χ1n) is 8.94. The van der Waals surface area contributed by atoms with E-state index in [1.807, 2.05) is 4.90 Å². The van der Waals surface area contributed by atoms with Crippen LogP contribution in [0, 0.1) is 11.3 Å². The minimum Gasteiger partial charge on any atom is -0.337 e. The van der Waals surface area contributed by atoms with Gasteiger partial charge in [-0.25, -0.2) is 0 Å². The molecule has 0 aliphatic heterocycles. The SMILES string of the molecule is N#CC1(NC(=O)CN(Cc2ccc(C(F)(F)F)cc2)C2CC2)CCCC1. The van der Waals surface area contributed by atoms with E-state index in [-0.39, 0.29) is 18.5 Å². The zero-order chi connectivity index (χ0) is 18.8. The van der Waals surface area contributed by atoms with Crippen LogP contribution in [0.15, 0.2) is 24.3 Å². The topological polar surface area (TPSA) is 56.1 Å². The van der Waals surface area contributed by atoms with Crippen LogP contribution in [-0.4, -0.2) is 28.9 Å². The molecule has 0 atom stereocenters. The molecule has 1 N–H and O–H groups in total. The maximum Gasteiger partial charge on any atom is 0.416 e. The molecule has 0 unspecified atom stereocenters. The van der Waals surface area contributed by atoms with Crippen LogP contribution in [0.5, 0.6) is 0 Å². The normalized spacial score (nSPS) is 19.3. The summed E-state index contributed by atoms with van der Waals surface area (Å²) in [4.78, 5) is 14.4. The Bertz CT molecular complexity index is 683. The summed E-state index contributed by atoms with van der Waals surface area (Å²) in [6.45, 7) is 0.588. The summed E-state index contributed by atoms with van der Waals surface area (Å²) in [5.74, 6) is -0.188. The number of hydrogen-bond acceptors (Lipinski definition) is 3. The fraction of sp³-hybridized carbons (Fsp3) is 0.579. The Balaban J connectivity index is 1.61. The summed E-state index contributed by atoms with van der Waals surface area (Å²) < 4.78 is 38.0. The molecule has 0 saturated heterocycles. The molecule has 0 heterocycles. The van der Waals surface area contributed by atoms with E-state index in [4.69, 9.17) is 0 Å². The highest BCUT2D eigenvalue weighted by Gasteiger charge is 2.37. The largest absolute Gasteiger partial charge is 0.416 e. The van der Waals surface area contributed by atoms with Crippen LogP contribution in [-0.2, 0) is 17.5 Å². The van der Waals surface area contributed by atoms with Gasteiger partial charge in [0.05, 0.1) is 18.2 Å². The van der Waals surface area contributed by atoms with Gasteiger partial charge in [0.15, 0.2) is 0 Å². The maximum absolute atomic E-state index is 12.7. The van der Waals surface area contributed by atoms with Gasteiger partial charge in [-0.3, -0.25) is 9.69 Å². The van der Waals surface area contributed by atoms with Crippen LogP contribution >= 0.6 is 0 Å². The van der Waals surface area contributed by atoms with E-state index >= 15 is 0 Å². The second kappa shape index (κ2) is 7.28. The van der Waals surface area contributed by atoms with Gasteiger partial charge in [-0.15, -0.1) is 0 Å².